The van der Waals surface area contributed by atoms with Crippen LogP contribution in [-0.2, 0) is 5.41 Å². The summed E-state index contributed by atoms with van der Waals surface area (Å²) in [4.78, 5) is 0.843. The van der Waals surface area contributed by atoms with Gasteiger partial charge in [0.25, 0.3) is 0 Å². The van der Waals surface area contributed by atoms with Crippen LogP contribution in [0.5, 0.6) is 0 Å². The lowest BCUT2D eigenvalue weighted by Crippen LogP contribution is -2.16. The first-order chi connectivity index (χ1) is 8.80. The molecule has 3 nitrogen and oxygen atoms in total. The van der Waals surface area contributed by atoms with Crippen LogP contribution in [0.2, 0.25) is 0 Å². The Morgan fingerprint density at radius 2 is 1.84 bits per heavy atom. The van der Waals surface area contributed by atoms with E-state index in [0.717, 1.165) is 16.1 Å². The summed E-state index contributed by atoms with van der Waals surface area (Å²) in [5.41, 5.74) is 4.09. The second-order valence-corrected chi connectivity index (χ2v) is 6.77. The second kappa shape index (κ2) is 5.02. The molecule has 2 rings (SSSR count). The smallest absolute Gasteiger partial charge is 0.117 e. The first-order valence-electron chi connectivity index (χ1n) is 6.38. The van der Waals surface area contributed by atoms with Crippen LogP contribution in [0.15, 0.2) is 18.2 Å². The lowest BCUT2D eigenvalue weighted by atomic mass is 9.89. The van der Waals surface area contributed by atoms with E-state index < -0.39 is 6.10 Å². The van der Waals surface area contributed by atoms with Crippen molar-refractivity contribution in [1.29, 1.82) is 0 Å². The van der Waals surface area contributed by atoms with Crippen molar-refractivity contribution in [3.05, 3.63) is 45.5 Å². The molecule has 0 saturated heterocycles. The molecular weight excluding hydrogens is 256 g/mol. The minimum Gasteiger partial charge on any atom is -0.383 e. The summed E-state index contributed by atoms with van der Waals surface area (Å²) in [5, 5.41) is 14.8. The van der Waals surface area contributed by atoms with Gasteiger partial charge in [-0.3, -0.25) is 0 Å². The van der Waals surface area contributed by atoms with Gasteiger partial charge in [0.15, 0.2) is 0 Å². The molecule has 19 heavy (non-hydrogen) atoms. The van der Waals surface area contributed by atoms with E-state index in [0.29, 0.717) is 0 Å². The van der Waals surface area contributed by atoms with E-state index in [1.807, 2.05) is 18.2 Å². The molecule has 1 N–H and O–H groups in total. The highest BCUT2D eigenvalue weighted by molar-refractivity contribution is 7.05. The Hall–Kier alpha value is -1.26. The van der Waals surface area contributed by atoms with Crippen LogP contribution in [0.1, 0.15) is 54.1 Å². The van der Waals surface area contributed by atoms with Crippen molar-refractivity contribution in [2.75, 3.05) is 0 Å². The molecule has 4 heteroatoms. The maximum absolute atomic E-state index is 10.6. The fraction of sp³-hybridized carbons (Fsp3) is 0.467. The maximum Gasteiger partial charge on any atom is 0.117 e. The number of aliphatic hydroxyl groups excluding tert-OH is 1. The number of nitrogens with zero attached hydrogens (tertiary/aromatic N) is 2. The molecule has 0 spiro atoms. The molecule has 1 unspecified atom stereocenters. The largest absolute Gasteiger partial charge is 0.383 e. The Bertz CT molecular complexity index is 584. The molecule has 1 heterocycles. The molecule has 102 valence electrons. The molecule has 2 aromatic rings. The van der Waals surface area contributed by atoms with Crippen molar-refractivity contribution in [3.8, 4) is 0 Å². The normalized spacial score (nSPS) is 13.6. The van der Waals surface area contributed by atoms with Crippen LogP contribution in [0, 0.1) is 13.8 Å². The van der Waals surface area contributed by atoms with E-state index in [9.17, 15) is 5.11 Å². The number of benzene rings is 1. The van der Waals surface area contributed by atoms with Crippen LogP contribution in [0.25, 0.3) is 0 Å². The Balaban J connectivity index is 2.42. The van der Waals surface area contributed by atoms with Gasteiger partial charge in [-0.1, -0.05) is 43.5 Å². The summed E-state index contributed by atoms with van der Waals surface area (Å²) in [6, 6.07) is 6.05. The standard InChI is InChI=1S/C15H20N2OS/c1-9-6-7-11(8-10(9)2)12(18)13-14(15(3,4)5)16-17-19-13/h6-8,12,18H,1-5H3. The van der Waals surface area contributed by atoms with Crippen molar-refractivity contribution < 1.29 is 5.11 Å². The summed E-state index contributed by atoms with van der Waals surface area (Å²) in [6.45, 7) is 10.4. The first kappa shape index (κ1) is 14.2. The summed E-state index contributed by atoms with van der Waals surface area (Å²) in [5.74, 6) is 0. The molecule has 0 bridgehead atoms. The third kappa shape index (κ3) is 2.85. The zero-order valence-corrected chi connectivity index (χ0v) is 12.9. The maximum atomic E-state index is 10.6. The van der Waals surface area contributed by atoms with E-state index in [1.165, 1.54) is 22.7 Å². The molecule has 0 amide bonds. The van der Waals surface area contributed by atoms with Crippen LogP contribution >= 0.6 is 11.5 Å². The first-order valence-corrected chi connectivity index (χ1v) is 7.16. The SMILES string of the molecule is Cc1ccc(C(O)c2snnc2C(C)(C)C)cc1C. The number of hydrogen-bond donors (Lipinski definition) is 1. The minimum atomic E-state index is -0.645. The molecule has 0 aliphatic rings. The molecule has 1 aromatic carbocycles. The Morgan fingerprint density at radius 3 is 2.42 bits per heavy atom. The van der Waals surface area contributed by atoms with Gasteiger partial charge in [0.05, 0.1) is 10.6 Å². The zero-order valence-electron chi connectivity index (χ0n) is 12.1. The average molecular weight is 276 g/mol. The van der Waals surface area contributed by atoms with E-state index >= 15 is 0 Å². The topological polar surface area (TPSA) is 46.0 Å². The van der Waals surface area contributed by atoms with E-state index in [1.54, 1.807) is 0 Å². The fourth-order valence-corrected chi connectivity index (χ4v) is 2.86. The van der Waals surface area contributed by atoms with E-state index in [4.69, 9.17) is 0 Å². The number of aliphatic hydroxyl groups is 1. The molecule has 0 radical (unpaired) electrons. The lowest BCUT2D eigenvalue weighted by molar-refractivity contribution is 0.221. The van der Waals surface area contributed by atoms with Gasteiger partial charge in [-0.25, -0.2) is 0 Å². The Morgan fingerprint density at radius 1 is 1.16 bits per heavy atom. The molecule has 1 aromatic heterocycles. The highest BCUT2D eigenvalue weighted by atomic mass is 32.1. The van der Waals surface area contributed by atoms with Crippen molar-refractivity contribution in [2.45, 2.75) is 46.1 Å². The van der Waals surface area contributed by atoms with Gasteiger partial charge in [0.2, 0.25) is 0 Å². The highest BCUT2D eigenvalue weighted by Crippen LogP contribution is 2.33. The summed E-state index contributed by atoms with van der Waals surface area (Å²) < 4.78 is 4.01. The molecule has 0 saturated carbocycles. The second-order valence-electron chi connectivity index (χ2n) is 5.98. The molecule has 0 aliphatic carbocycles. The van der Waals surface area contributed by atoms with Gasteiger partial charge in [0.1, 0.15) is 6.10 Å². The quantitative estimate of drug-likeness (QED) is 0.912. The monoisotopic (exact) mass is 276 g/mol. The van der Waals surface area contributed by atoms with Gasteiger partial charge in [-0.05, 0) is 42.1 Å². The summed E-state index contributed by atoms with van der Waals surface area (Å²) >= 11 is 1.28. The molecule has 0 aliphatic heterocycles. The predicted molar refractivity (Wildman–Crippen MR) is 78.6 cm³/mol. The summed E-state index contributed by atoms with van der Waals surface area (Å²) in [7, 11) is 0. The van der Waals surface area contributed by atoms with Gasteiger partial charge >= 0.3 is 0 Å². The molecule has 1 atom stereocenters. The van der Waals surface area contributed by atoms with Crippen LogP contribution in [0.3, 0.4) is 0 Å². The number of aryl methyl sites for hydroxylation is 2. The Labute approximate surface area is 118 Å². The Kier molecular flexibility index (Phi) is 3.74. The third-order valence-corrected chi connectivity index (χ3v) is 4.10. The zero-order chi connectivity index (χ0) is 14.2. The van der Waals surface area contributed by atoms with Crippen LogP contribution in [0.4, 0.5) is 0 Å². The van der Waals surface area contributed by atoms with Crippen molar-refractivity contribution >= 4 is 11.5 Å². The lowest BCUT2D eigenvalue weighted by Gasteiger charge is -2.19. The fourth-order valence-electron chi connectivity index (χ4n) is 1.98. The van der Waals surface area contributed by atoms with E-state index in [2.05, 4.69) is 44.2 Å². The average Bonchev–Trinajstić information content (AvgIpc) is 2.80. The number of hydrogen-bond acceptors (Lipinski definition) is 4. The molecular formula is C15H20N2OS. The van der Waals surface area contributed by atoms with Gasteiger partial charge in [-0.2, -0.15) is 0 Å². The highest BCUT2D eigenvalue weighted by Gasteiger charge is 2.27. The summed E-state index contributed by atoms with van der Waals surface area (Å²) in [6.07, 6.45) is -0.645. The van der Waals surface area contributed by atoms with Gasteiger partial charge in [-0.15, -0.1) is 5.10 Å². The number of rotatable bonds is 2. The van der Waals surface area contributed by atoms with Crippen LogP contribution in [-0.4, -0.2) is 14.7 Å². The van der Waals surface area contributed by atoms with Crippen molar-refractivity contribution in [3.63, 3.8) is 0 Å². The molecule has 0 fully saturated rings. The number of aromatic nitrogens is 2. The van der Waals surface area contributed by atoms with Crippen LogP contribution < -0.4 is 0 Å². The van der Waals surface area contributed by atoms with Gasteiger partial charge in [0, 0.05) is 5.41 Å². The van der Waals surface area contributed by atoms with E-state index in [-0.39, 0.29) is 5.41 Å². The third-order valence-electron chi connectivity index (χ3n) is 3.32. The van der Waals surface area contributed by atoms with Crippen molar-refractivity contribution in [1.82, 2.24) is 9.59 Å². The van der Waals surface area contributed by atoms with Gasteiger partial charge < -0.3 is 5.11 Å². The predicted octanol–water partition coefficient (Wildman–Crippen LogP) is 3.53. The van der Waals surface area contributed by atoms with Crippen molar-refractivity contribution in [2.24, 2.45) is 0 Å². The minimum absolute atomic E-state index is 0.108.